The molecule has 0 aliphatic carbocycles. The van der Waals surface area contributed by atoms with Crippen molar-refractivity contribution in [1.82, 2.24) is 24.6 Å². The zero-order valence-electron chi connectivity index (χ0n) is 19.8. The van der Waals surface area contributed by atoms with E-state index < -0.39 is 0 Å². The topological polar surface area (TPSA) is 93.0 Å². The first-order chi connectivity index (χ1) is 17.2. The second kappa shape index (κ2) is 10.0. The second-order valence-electron chi connectivity index (χ2n) is 8.30. The number of methoxy groups -OCH3 is 2. The molecule has 0 unspecified atom stereocenters. The molecule has 35 heavy (non-hydrogen) atoms. The minimum atomic E-state index is 0.0640. The third kappa shape index (κ3) is 4.76. The molecule has 2 N–H and O–H groups in total. The highest BCUT2D eigenvalue weighted by Crippen LogP contribution is 2.32. The van der Waals surface area contributed by atoms with Gasteiger partial charge < -0.3 is 29.4 Å². The predicted molar refractivity (Wildman–Crippen MR) is 135 cm³/mol. The summed E-state index contributed by atoms with van der Waals surface area (Å²) in [5.74, 6) is 1.94. The summed E-state index contributed by atoms with van der Waals surface area (Å²) in [4.78, 5) is 24.1. The van der Waals surface area contributed by atoms with E-state index in [0.29, 0.717) is 28.5 Å². The number of hydrogen-bond donors (Lipinski definition) is 2. The molecule has 1 fully saturated rings. The molecule has 9 nitrogen and oxygen atoms in total. The van der Waals surface area contributed by atoms with Gasteiger partial charge in [0.05, 0.1) is 19.9 Å². The Morgan fingerprint density at radius 1 is 1.03 bits per heavy atom. The van der Waals surface area contributed by atoms with Crippen molar-refractivity contribution in [3.8, 4) is 22.8 Å². The van der Waals surface area contributed by atoms with E-state index in [1.807, 2.05) is 64.2 Å². The summed E-state index contributed by atoms with van der Waals surface area (Å²) in [5.41, 5.74) is 3.85. The Labute approximate surface area is 203 Å². The normalized spacial score (nSPS) is 13.9. The molecule has 1 amide bonds. The van der Waals surface area contributed by atoms with Crippen LogP contribution in [-0.4, -0.2) is 65.6 Å². The molecule has 9 heteroatoms. The van der Waals surface area contributed by atoms with Gasteiger partial charge in [-0.15, -0.1) is 0 Å². The lowest BCUT2D eigenvalue weighted by atomic mass is 10.1. The molecule has 2 aromatic heterocycles. The van der Waals surface area contributed by atoms with Crippen molar-refractivity contribution in [2.45, 2.75) is 6.42 Å². The van der Waals surface area contributed by atoms with Crippen LogP contribution >= 0.6 is 0 Å². The Morgan fingerprint density at radius 2 is 1.86 bits per heavy atom. The molecular weight excluding hydrogens is 444 g/mol. The lowest BCUT2D eigenvalue weighted by Crippen LogP contribution is -2.34. The quantitative estimate of drug-likeness (QED) is 0.443. The fourth-order valence-corrected chi connectivity index (χ4v) is 4.22. The average Bonchev–Trinajstić information content (AvgIpc) is 3.21. The first kappa shape index (κ1) is 22.7. The summed E-state index contributed by atoms with van der Waals surface area (Å²) in [5, 5.41) is 6.68. The van der Waals surface area contributed by atoms with Crippen LogP contribution in [0.3, 0.4) is 0 Å². The van der Waals surface area contributed by atoms with Crippen LogP contribution < -0.4 is 20.1 Å². The number of amides is 1. The fourth-order valence-electron chi connectivity index (χ4n) is 4.22. The summed E-state index contributed by atoms with van der Waals surface area (Å²) in [6.07, 6.45) is 6.51. The Kier molecular flexibility index (Phi) is 6.49. The van der Waals surface area contributed by atoms with Crippen LogP contribution in [0, 0.1) is 0 Å². The molecule has 1 saturated heterocycles. The maximum Gasteiger partial charge on any atom is 0.253 e. The van der Waals surface area contributed by atoms with E-state index in [0.717, 1.165) is 49.5 Å². The van der Waals surface area contributed by atoms with Crippen LogP contribution in [0.15, 0.2) is 61.1 Å². The monoisotopic (exact) mass is 472 g/mol. The van der Waals surface area contributed by atoms with E-state index in [-0.39, 0.29) is 5.91 Å². The molecule has 0 spiro atoms. The number of carbonyl (C=O) groups is 1. The third-order valence-electron chi connectivity index (χ3n) is 6.08. The van der Waals surface area contributed by atoms with Gasteiger partial charge in [-0.05, 0) is 37.2 Å². The number of fused-ring (bicyclic) bond motifs is 1. The van der Waals surface area contributed by atoms with Crippen molar-refractivity contribution in [3.05, 3.63) is 66.6 Å². The summed E-state index contributed by atoms with van der Waals surface area (Å²) < 4.78 is 12.7. The number of rotatable bonds is 6. The highest BCUT2D eigenvalue weighted by Gasteiger charge is 2.17. The van der Waals surface area contributed by atoms with Crippen LogP contribution in [0.4, 0.5) is 11.5 Å². The highest BCUT2D eigenvalue weighted by atomic mass is 16.5. The van der Waals surface area contributed by atoms with Gasteiger partial charge in [-0.25, -0.2) is 9.97 Å². The molecule has 0 atom stereocenters. The van der Waals surface area contributed by atoms with Crippen LogP contribution in [0.2, 0.25) is 0 Å². The van der Waals surface area contributed by atoms with Gasteiger partial charge in [-0.2, -0.15) is 0 Å². The lowest BCUT2D eigenvalue weighted by molar-refractivity contribution is 0.0766. The van der Waals surface area contributed by atoms with Gasteiger partial charge in [0, 0.05) is 61.1 Å². The minimum Gasteiger partial charge on any atom is -0.493 e. The van der Waals surface area contributed by atoms with Gasteiger partial charge in [0.15, 0.2) is 23.0 Å². The van der Waals surface area contributed by atoms with E-state index >= 15 is 0 Å². The van der Waals surface area contributed by atoms with Gasteiger partial charge >= 0.3 is 0 Å². The predicted octanol–water partition coefficient (Wildman–Crippen LogP) is 3.59. The first-order valence-electron chi connectivity index (χ1n) is 11.6. The van der Waals surface area contributed by atoms with Crippen molar-refractivity contribution in [3.63, 3.8) is 0 Å². The summed E-state index contributed by atoms with van der Waals surface area (Å²) in [7, 11) is 3.21. The van der Waals surface area contributed by atoms with E-state index in [2.05, 4.69) is 15.6 Å². The molecular formula is C26H28N6O3. The molecule has 180 valence electrons. The van der Waals surface area contributed by atoms with E-state index in [1.54, 1.807) is 20.4 Å². The van der Waals surface area contributed by atoms with E-state index in [9.17, 15) is 4.79 Å². The standard InChI is InChI=1S/C26H28N6O3/c1-34-22-9-8-20(16-23(22)35-2)29-24-25-28-12-15-32(25)17-21(30-24)18-4-6-19(7-5-18)26(33)31-13-3-10-27-11-14-31/h4-9,12,15-17,27H,3,10-11,13-14H2,1-2H3,(H,29,30). The Bertz CT molecular complexity index is 1330. The molecule has 0 bridgehead atoms. The van der Waals surface area contributed by atoms with Crippen LogP contribution in [0.25, 0.3) is 16.9 Å². The van der Waals surface area contributed by atoms with Crippen LogP contribution in [-0.2, 0) is 0 Å². The summed E-state index contributed by atoms with van der Waals surface area (Å²) in [6, 6.07) is 13.2. The van der Waals surface area contributed by atoms with Gasteiger partial charge in [-0.1, -0.05) is 12.1 Å². The SMILES string of the molecule is COc1ccc(Nc2nc(-c3ccc(C(=O)N4CCCNCC4)cc3)cn3ccnc23)cc1OC. The number of carbonyl (C=O) groups excluding carboxylic acids is 1. The molecule has 1 aliphatic heterocycles. The van der Waals surface area contributed by atoms with Crippen molar-refractivity contribution < 1.29 is 14.3 Å². The molecule has 0 radical (unpaired) electrons. The number of ether oxygens (including phenoxy) is 2. The first-order valence-corrected chi connectivity index (χ1v) is 11.6. The Balaban J connectivity index is 1.43. The van der Waals surface area contributed by atoms with E-state index in [4.69, 9.17) is 14.5 Å². The van der Waals surface area contributed by atoms with Crippen LogP contribution in [0.5, 0.6) is 11.5 Å². The fraction of sp³-hybridized carbons (Fsp3) is 0.269. The molecule has 3 heterocycles. The number of benzene rings is 2. The van der Waals surface area contributed by atoms with Gasteiger partial charge in [0.25, 0.3) is 5.91 Å². The smallest absolute Gasteiger partial charge is 0.253 e. The zero-order chi connectivity index (χ0) is 24.2. The van der Waals surface area contributed by atoms with Gasteiger partial charge in [-0.3, -0.25) is 4.79 Å². The number of imidazole rings is 1. The maximum atomic E-state index is 12.9. The average molecular weight is 473 g/mol. The number of nitrogens with zero attached hydrogens (tertiary/aromatic N) is 4. The molecule has 2 aromatic carbocycles. The highest BCUT2D eigenvalue weighted by molar-refractivity contribution is 5.94. The second-order valence-corrected chi connectivity index (χ2v) is 8.30. The zero-order valence-corrected chi connectivity index (χ0v) is 19.8. The summed E-state index contributed by atoms with van der Waals surface area (Å²) in [6.45, 7) is 3.28. The van der Waals surface area contributed by atoms with Crippen molar-refractivity contribution >= 4 is 23.1 Å². The lowest BCUT2D eigenvalue weighted by Gasteiger charge is -2.20. The van der Waals surface area contributed by atoms with Crippen molar-refractivity contribution in [2.24, 2.45) is 0 Å². The summed E-state index contributed by atoms with van der Waals surface area (Å²) >= 11 is 0. The molecule has 1 aliphatic rings. The molecule has 5 rings (SSSR count). The Morgan fingerprint density at radius 3 is 2.66 bits per heavy atom. The molecule has 4 aromatic rings. The largest absolute Gasteiger partial charge is 0.493 e. The van der Waals surface area contributed by atoms with Crippen molar-refractivity contribution in [1.29, 1.82) is 0 Å². The number of nitrogens with one attached hydrogen (secondary N) is 2. The van der Waals surface area contributed by atoms with Crippen LogP contribution in [0.1, 0.15) is 16.8 Å². The van der Waals surface area contributed by atoms with E-state index in [1.165, 1.54) is 0 Å². The van der Waals surface area contributed by atoms with Gasteiger partial charge in [0.1, 0.15) is 0 Å². The number of hydrogen-bond acceptors (Lipinski definition) is 7. The molecule has 0 saturated carbocycles. The van der Waals surface area contributed by atoms with Crippen molar-refractivity contribution in [2.75, 3.05) is 45.7 Å². The Hall–Kier alpha value is -4.11. The minimum absolute atomic E-state index is 0.0640. The maximum absolute atomic E-state index is 12.9. The van der Waals surface area contributed by atoms with Gasteiger partial charge in [0.2, 0.25) is 0 Å². The number of aromatic nitrogens is 3. The number of anilines is 2. The third-order valence-corrected chi connectivity index (χ3v) is 6.08.